The molecule has 0 saturated heterocycles. The van der Waals surface area contributed by atoms with Gasteiger partial charge in [0.2, 0.25) is 0 Å². The molecule has 0 amide bonds. The molecule has 1 aromatic heterocycles. The van der Waals surface area contributed by atoms with E-state index in [0.717, 1.165) is 17.8 Å². The smallest absolute Gasteiger partial charge is 0.127 e. The molecule has 0 N–H and O–H groups in total. The standard InChI is InChI=1S/C25H26N2O/c1-2-10-20(11-3-1)25-26-22-14-6-7-15-23(22)27(25)17-18-28-24-16-8-12-19-9-4-5-13-21(19)24/h4-9,12-16,20H,1-3,10-11,17-18H2. The maximum Gasteiger partial charge on any atom is 0.127 e. The molecule has 28 heavy (non-hydrogen) atoms. The van der Waals surface area contributed by atoms with Crippen molar-refractivity contribution < 1.29 is 4.74 Å². The summed E-state index contributed by atoms with van der Waals surface area (Å²) in [6.07, 6.45) is 6.52. The molecule has 1 fully saturated rings. The van der Waals surface area contributed by atoms with Crippen LogP contribution in [0.4, 0.5) is 0 Å². The largest absolute Gasteiger partial charge is 0.491 e. The first-order valence-electron chi connectivity index (χ1n) is 10.5. The zero-order valence-corrected chi connectivity index (χ0v) is 16.2. The average molecular weight is 370 g/mol. The van der Waals surface area contributed by atoms with Crippen LogP contribution in [0.3, 0.4) is 0 Å². The van der Waals surface area contributed by atoms with Gasteiger partial charge in [-0.05, 0) is 36.4 Å². The number of rotatable bonds is 5. The Labute approximate surface area is 166 Å². The van der Waals surface area contributed by atoms with Gasteiger partial charge in [0.25, 0.3) is 0 Å². The molecule has 3 heteroatoms. The third kappa shape index (κ3) is 3.26. The van der Waals surface area contributed by atoms with Gasteiger partial charge in [0.05, 0.1) is 17.6 Å². The van der Waals surface area contributed by atoms with Gasteiger partial charge in [-0.1, -0.05) is 67.8 Å². The van der Waals surface area contributed by atoms with Crippen molar-refractivity contribution in [1.29, 1.82) is 0 Å². The summed E-state index contributed by atoms with van der Waals surface area (Å²) in [6.45, 7) is 1.48. The Morgan fingerprint density at radius 1 is 0.857 bits per heavy atom. The van der Waals surface area contributed by atoms with Crippen LogP contribution < -0.4 is 4.74 Å². The second-order valence-corrected chi connectivity index (χ2v) is 7.77. The monoisotopic (exact) mass is 370 g/mol. The van der Waals surface area contributed by atoms with E-state index in [9.17, 15) is 0 Å². The van der Waals surface area contributed by atoms with E-state index in [1.165, 1.54) is 54.2 Å². The van der Waals surface area contributed by atoms with Gasteiger partial charge in [-0.3, -0.25) is 0 Å². The Hall–Kier alpha value is -2.81. The van der Waals surface area contributed by atoms with Crippen LogP contribution in [0.1, 0.15) is 43.8 Å². The molecule has 0 unspecified atom stereocenters. The number of aromatic nitrogens is 2. The summed E-state index contributed by atoms with van der Waals surface area (Å²) >= 11 is 0. The van der Waals surface area contributed by atoms with Gasteiger partial charge < -0.3 is 9.30 Å². The highest BCUT2D eigenvalue weighted by atomic mass is 16.5. The number of para-hydroxylation sites is 2. The van der Waals surface area contributed by atoms with Crippen molar-refractivity contribution in [3.63, 3.8) is 0 Å². The number of benzene rings is 3. The zero-order valence-electron chi connectivity index (χ0n) is 16.2. The van der Waals surface area contributed by atoms with Crippen molar-refractivity contribution in [2.24, 2.45) is 0 Å². The Balaban J connectivity index is 1.41. The lowest BCUT2D eigenvalue weighted by Gasteiger charge is -2.22. The quantitative estimate of drug-likeness (QED) is 0.411. The van der Waals surface area contributed by atoms with E-state index in [-0.39, 0.29) is 0 Å². The van der Waals surface area contributed by atoms with Crippen LogP contribution in [0, 0.1) is 0 Å². The van der Waals surface area contributed by atoms with Crippen LogP contribution in [-0.4, -0.2) is 16.2 Å². The maximum absolute atomic E-state index is 6.24. The normalized spacial score (nSPS) is 15.3. The summed E-state index contributed by atoms with van der Waals surface area (Å²) in [5.41, 5.74) is 2.33. The molecule has 1 aliphatic rings. The van der Waals surface area contributed by atoms with E-state index in [1.807, 2.05) is 0 Å². The number of imidazole rings is 1. The minimum absolute atomic E-state index is 0.582. The lowest BCUT2D eigenvalue weighted by Crippen LogP contribution is -2.15. The molecule has 0 bridgehead atoms. The van der Waals surface area contributed by atoms with Gasteiger partial charge in [-0.15, -0.1) is 0 Å². The fourth-order valence-corrected chi connectivity index (χ4v) is 4.57. The fourth-order valence-electron chi connectivity index (χ4n) is 4.57. The molecular formula is C25H26N2O. The highest BCUT2D eigenvalue weighted by Gasteiger charge is 2.22. The van der Waals surface area contributed by atoms with E-state index in [0.29, 0.717) is 12.5 Å². The Bertz CT molecular complexity index is 1090. The van der Waals surface area contributed by atoms with Gasteiger partial charge in [0.15, 0.2) is 0 Å². The molecule has 1 saturated carbocycles. The third-order valence-electron chi connectivity index (χ3n) is 5.98. The van der Waals surface area contributed by atoms with E-state index < -0.39 is 0 Å². The molecule has 0 radical (unpaired) electrons. The van der Waals surface area contributed by atoms with Crippen molar-refractivity contribution in [1.82, 2.24) is 9.55 Å². The van der Waals surface area contributed by atoms with Gasteiger partial charge in [-0.25, -0.2) is 4.98 Å². The molecule has 0 atom stereocenters. The summed E-state index contributed by atoms with van der Waals surface area (Å²) in [5.74, 6) is 2.79. The van der Waals surface area contributed by atoms with Gasteiger partial charge >= 0.3 is 0 Å². The predicted octanol–water partition coefficient (Wildman–Crippen LogP) is 6.32. The maximum atomic E-state index is 6.24. The lowest BCUT2D eigenvalue weighted by molar-refractivity contribution is 0.297. The molecule has 1 heterocycles. The van der Waals surface area contributed by atoms with Crippen LogP contribution >= 0.6 is 0 Å². The predicted molar refractivity (Wildman–Crippen MR) is 115 cm³/mol. The SMILES string of the molecule is c1ccc2c(OCCn3c(C4CCCCC4)nc4ccccc43)cccc2c1. The summed E-state index contributed by atoms with van der Waals surface area (Å²) in [5, 5.41) is 2.39. The summed E-state index contributed by atoms with van der Waals surface area (Å²) in [6, 6.07) is 23.2. The number of nitrogens with zero attached hydrogens (tertiary/aromatic N) is 2. The van der Waals surface area contributed by atoms with Crippen molar-refractivity contribution in [3.8, 4) is 5.75 Å². The van der Waals surface area contributed by atoms with Crippen molar-refractivity contribution in [3.05, 3.63) is 72.6 Å². The highest BCUT2D eigenvalue weighted by Crippen LogP contribution is 2.34. The van der Waals surface area contributed by atoms with Crippen LogP contribution in [0.2, 0.25) is 0 Å². The summed E-state index contributed by atoms with van der Waals surface area (Å²) < 4.78 is 8.63. The number of hydrogen-bond acceptors (Lipinski definition) is 2. The van der Waals surface area contributed by atoms with Crippen LogP contribution in [0.5, 0.6) is 5.75 Å². The molecule has 3 aromatic carbocycles. The van der Waals surface area contributed by atoms with E-state index in [2.05, 4.69) is 71.3 Å². The second kappa shape index (κ2) is 7.67. The Morgan fingerprint density at radius 2 is 1.64 bits per heavy atom. The molecule has 5 rings (SSSR count). The van der Waals surface area contributed by atoms with Gasteiger partial charge in [-0.2, -0.15) is 0 Å². The molecule has 3 nitrogen and oxygen atoms in total. The van der Waals surface area contributed by atoms with Gasteiger partial charge in [0.1, 0.15) is 18.2 Å². The first-order valence-corrected chi connectivity index (χ1v) is 10.5. The van der Waals surface area contributed by atoms with E-state index >= 15 is 0 Å². The van der Waals surface area contributed by atoms with Crippen LogP contribution in [0.25, 0.3) is 21.8 Å². The molecule has 4 aromatic rings. The zero-order chi connectivity index (χ0) is 18.8. The average Bonchev–Trinajstić information content (AvgIpc) is 3.13. The number of fused-ring (bicyclic) bond motifs is 2. The van der Waals surface area contributed by atoms with Crippen molar-refractivity contribution in [2.45, 2.75) is 44.6 Å². The van der Waals surface area contributed by atoms with Crippen molar-refractivity contribution >= 4 is 21.8 Å². The molecule has 1 aliphatic carbocycles. The summed E-state index contributed by atoms with van der Waals surface area (Å²) in [7, 11) is 0. The van der Waals surface area contributed by atoms with E-state index in [4.69, 9.17) is 9.72 Å². The topological polar surface area (TPSA) is 27.1 Å². The molecular weight excluding hydrogens is 344 g/mol. The molecule has 0 spiro atoms. The van der Waals surface area contributed by atoms with Crippen molar-refractivity contribution in [2.75, 3.05) is 6.61 Å². The van der Waals surface area contributed by atoms with E-state index in [1.54, 1.807) is 0 Å². The molecule has 0 aliphatic heterocycles. The first kappa shape index (κ1) is 17.3. The minimum Gasteiger partial charge on any atom is -0.491 e. The second-order valence-electron chi connectivity index (χ2n) is 7.77. The lowest BCUT2D eigenvalue weighted by atomic mass is 9.88. The third-order valence-corrected chi connectivity index (χ3v) is 5.98. The fraction of sp³-hybridized carbons (Fsp3) is 0.320. The Morgan fingerprint density at radius 3 is 2.57 bits per heavy atom. The first-order chi connectivity index (χ1) is 13.9. The highest BCUT2D eigenvalue weighted by molar-refractivity contribution is 5.88. The van der Waals surface area contributed by atoms with Crippen LogP contribution in [0.15, 0.2) is 66.7 Å². The number of hydrogen-bond donors (Lipinski definition) is 0. The minimum atomic E-state index is 0.582. The summed E-state index contributed by atoms with van der Waals surface area (Å²) in [4.78, 5) is 5.02. The van der Waals surface area contributed by atoms with Gasteiger partial charge in [0, 0.05) is 11.3 Å². The van der Waals surface area contributed by atoms with Crippen LogP contribution in [-0.2, 0) is 6.54 Å². The molecule has 142 valence electrons. The number of ether oxygens (including phenoxy) is 1. The Kier molecular flexibility index (Phi) is 4.74.